The van der Waals surface area contributed by atoms with Crippen molar-refractivity contribution in [2.75, 3.05) is 17.7 Å². The molecule has 4 aromatic rings. The van der Waals surface area contributed by atoms with Crippen LogP contribution < -0.4 is 10.6 Å². The Balaban J connectivity index is 1.40. The van der Waals surface area contributed by atoms with E-state index < -0.39 is 29.2 Å². The first-order valence-corrected chi connectivity index (χ1v) is 12.6. The van der Waals surface area contributed by atoms with Gasteiger partial charge in [0.05, 0.1) is 31.0 Å². The monoisotopic (exact) mass is 583 g/mol. The van der Waals surface area contributed by atoms with E-state index >= 15 is 0 Å². The number of aryl methyl sites for hydroxylation is 2. The molecular formula is C26H24F3N9O4. The Bertz CT molecular complexity index is 1680. The van der Waals surface area contributed by atoms with Crippen LogP contribution in [0.2, 0.25) is 0 Å². The summed E-state index contributed by atoms with van der Waals surface area (Å²) < 4.78 is 45.8. The van der Waals surface area contributed by atoms with Crippen LogP contribution in [0.4, 0.5) is 24.8 Å². The number of hydrogen-bond donors (Lipinski definition) is 2. The Labute approximate surface area is 236 Å². The molecule has 0 aromatic carbocycles. The molecule has 1 saturated carbocycles. The molecule has 5 rings (SSSR count). The van der Waals surface area contributed by atoms with Crippen molar-refractivity contribution in [1.29, 1.82) is 0 Å². The first-order valence-electron chi connectivity index (χ1n) is 12.6. The van der Waals surface area contributed by atoms with E-state index in [1.807, 2.05) is 0 Å². The van der Waals surface area contributed by atoms with Crippen LogP contribution >= 0.6 is 0 Å². The van der Waals surface area contributed by atoms with E-state index in [0.717, 1.165) is 11.1 Å². The van der Waals surface area contributed by atoms with Gasteiger partial charge in [-0.15, -0.1) is 0 Å². The van der Waals surface area contributed by atoms with Crippen molar-refractivity contribution in [3.63, 3.8) is 0 Å². The lowest BCUT2D eigenvalue weighted by atomic mass is 10.1. The average molecular weight is 584 g/mol. The summed E-state index contributed by atoms with van der Waals surface area (Å²) in [5, 5.41) is 9.32. The standard InChI is InChI=1S/C26H24F3N9O4/c1-14-6-16(8-32-21(14)26(27,28)29)18-9-31-10-19(34-18)35-24(41)25(4-5-25)38-12-33-22(30-3)20(38)23(40)37(13-39)11-17-7-15(2)42-36-17/h6-10,12-13,30H,4-5,11H2,1-3H3,(H,34,35,41). The van der Waals surface area contributed by atoms with Gasteiger partial charge in [-0.25, -0.2) is 9.97 Å². The highest BCUT2D eigenvalue weighted by Gasteiger charge is 2.54. The van der Waals surface area contributed by atoms with Crippen LogP contribution in [0.25, 0.3) is 11.3 Å². The molecule has 0 aliphatic heterocycles. The van der Waals surface area contributed by atoms with E-state index in [-0.39, 0.29) is 40.7 Å². The third-order valence-electron chi connectivity index (χ3n) is 6.73. The number of aromatic nitrogens is 6. The van der Waals surface area contributed by atoms with Crippen molar-refractivity contribution in [1.82, 2.24) is 34.6 Å². The number of nitrogens with one attached hydrogen (secondary N) is 2. The van der Waals surface area contributed by atoms with Gasteiger partial charge in [-0.3, -0.25) is 29.3 Å². The van der Waals surface area contributed by atoms with Gasteiger partial charge in [0, 0.05) is 24.9 Å². The lowest BCUT2D eigenvalue weighted by Crippen LogP contribution is -2.38. The predicted molar refractivity (Wildman–Crippen MR) is 140 cm³/mol. The number of carbonyl (C=O) groups excluding carboxylic acids is 3. The molecule has 4 aromatic heterocycles. The number of nitrogens with zero attached hydrogens (tertiary/aromatic N) is 7. The van der Waals surface area contributed by atoms with Gasteiger partial charge in [-0.05, 0) is 38.3 Å². The molecule has 0 saturated heterocycles. The minimum atomic E-state index is -4.60. The second-order valence-corrected chi connectivity index (χ2v) is 9.69. The van der Waals surface area contributed by atoms with Crippen LogP contribution in [0.15, 0.2) is 41.6 Å². The van der Waals surface area contributed by atoms with E-state index in [0.29, 0.717) is 30.7 Å². The maximum atomic E-state index is 13.6. The zero-order valence-corrected chi connectivity index (χ0v) is 22.6. The summed E-state index contributed by atoms with van der Waals surface area (Å²) in [4.78, 5) is 56.0. The van der Waals surface area contributed by atoms with Crippen LogP contribution in [0.5, 0.6) is 0 Å². The first kappa shape index (κ1) is 28.4. The minimum absolute atomic E-state index is 0.0106. The molecule has 1 fully saturated rings. The van der Waals surface area contributed by atoms with Crippen LogP contribution in [0.3, 0.4) is 0 Å². The van der Waals surface area contributed by atoms with Gasteiger partial charge >= 0.3 is 6.18 Å². The minimum Gasteiger partial charge on any atom is -0.371 e. The largest absolute Gasteiger partial charge is 0.433 e. The highest BCUT2D eigenvalue weighted by molar-refractivity contribution is 6.04. The number of rotatable bonds is 9. The SMILES string of the molecule is CNc1ncn(C2(C(=O)Nc3cncc(-c4cnc(C(F)(F)F)c(C)c4)n3)CC2)c1C(=O)N(C=O)Cc1cc(C)on1. The molecule has 0 radical (unpaired) electrons. The molecule has 42 heavy (non-hydrogen) atoms. The fraction of sp³-hybridized carbons (Fsp3) is 0.308. The molecule has 218 valence electrons. The second-order valence-electron chi connectivity index (χ2n) is 9.69. The number of imidazole rings is 1. The third-order valence-corrected chi connectivity index (χ3v) is 6.73. The van der Waals surface area contributed by atoms with Crippen molar-refractivity contribution >= 4 is 29.9 Å². The van der Waals surface area contributed by atoms with Crippen molar-refractivity contribution < 1.29 is 32.1 Å². The normalized spacial score (nSPS) is 13.9. The number of carbonyl (C=O) groups is 3. The Morgan fingerprint density at radius 1 is 1.17 bits per heavy atom. The third kappa shape index (κ3) is 5.29. The highest BCUT2D eigenvalue weighted by Crippen LogP contribution is 2.46. The van der Waals surface area contributed by atoms with E-state index in [4.69, 9.17) is 4.52 Å². The molecule has 16 heteroatoms. The molecule has 0 bridgehead atoms. The second kappa shape index (κ2) is 10.7. The smallest absolute Gasteiger partial charge is 0.371 e. The maximum Gasteiger partial charge on any atom is 0.433 e. The summed E-state index contributed by atoms with van der Waals surface area (Å²) in [6.45, 7) is 2.81. The number of hydrogen-bond acceptors (Lipinski definition) is 10. The number of alkyl halides is 3. The summed E-state index contributed by atoms with van der Waals surface area (Å²) >= 11 is 0. The van der Waals surface area contributed by atoms with Crippen LogP contribution in [0.1, 0.15) is 46.0 Å². The van der Waals surface area contributed by atoms with Gasteiger partial charge in [0.25, 0.3) is 11.8 Å². The zero-order chi connectivity index (χ0) is 30.2. The molecule has 3 amide bonds. The maximum absolute atomic E-state index is 13.6. The number of pyridine rings is 1. The molecule has 2 N–H and O–H groups in total. The molecule has 0 spiro atoms. The number of halogens is 3. The molecule has 1 aliphatic rings. The summed E-state index contributed by atoms with van der Waals surface area (Å²) in [5.41, 5.74) is -1.48. The summed E-state index contributed by atoms with van der Waals surface area (Å²) in [6, 6.07) is 2.88. The van der Waals surface area contributed by atoms with Crippen molar-refractivity contribution in [3.05, 3.63) is 65.5 Å². The molecule has 0 atom stereocenters. The van der Waals surface area contributed by atoms with Crippen LogP contribution in [-0.4, -0.2) is 59.8 Å². The predicted octanol–water partition coefficient (Wildman–Crippen LogP) is 3.33. The fourth-order valence-corrected chi connectivity index (χ4v) is 4.53. The summed E-state index contributed by atoms with van der Waals surface area (Å²) in [6.07, 6.45) is 1.48. The van der Waals surface area contributed by atoms with E-state index in [1.165, 1.54) is 36.3 Å². The van der Waals surface area contributed by atoms with Gasteiger partial charge in [-0.1, -0.05) is 5.16 Å². The summed E-state index contributed by atoms with van der Waals surface area (Å²) in [7, 11) is 1.55. The number of anilines is 2. The fourth-order valence-electron chi connectivity index (χ4n) is 4.53. The van der Waals surface area contributed by atoms with E-state index in [9.17, 15) is 27.6 Å². The van der Waals surface area contributed by atoms with Crippen molar-refractivity contribution in [2.45, 2.75) is 44.9 Å². The lowest BCUT2D eigenvalue weighted by molar-refractivity contribution is -0.141. The first-order chi connectivity index (χ1) is 20.0. The Kier molecular flexibility index (Phi) is 7.22. The lowest BCUT2D eigenvalue weighted by Gasteiger charge is -2.22. The topological polar surface area (TPSA) is 161 Å². The van der Waals surface area contributed by atoms with Gasteiger partial charge < -0.3 is 19.7 Å². The van der Waals surface area contributed by atoms with Crippen molar-refractivity contribution in [2.24, 2.45) is 0 Å². The Hall–Kier alpha value is -5.15. The number of imide groups is 1. The molecular weight excluding hydrogens is 559 g/mol. The van der Waals surface area contributed by atoms with Gasteiger partial charge in [0.2, 0.25) is 6.41 Å². The molecule has 4 heterocycles. The Morgan fingerprint density at radius 2 is 1.93 bits per heavy atom. The zero-order valence-electron chi connectivity index (χ0n) is 22.6. The molecule has 0 unspecified atom stereocenters. The van der Waals surface area contributed by atoms with Crippen LogP contribution in [-0.2, 0) is 27.8 Å². The molecule has 1 aliphatic carbocycles. The van der Waals surface area contributed by atoms with Crippen molar-refractivity contribution in [3.8, 4) is 11.3 Å². The quantitative estimate of drug-likeness (QED) is 0.280. The van der Waals surface area contributed by atoms with Gasteiger partial charge in [0.15, 0.2) is 17.3 Å². The Morgan fingerprint density at radius 3 is 2.52 bits per heavy atom. The summed E-state index contributed by atoms with van der Waals surface area (Å²) in [5.74, 6) is -0.517. The van der Waals surface area contributed by atoms with E-state index in [1.54, 1.807) is 20.0 Å². The van der Waals surface area contributed by atoms with E-state index in [2.05, 4.69) is 35.7 Å². The highest BCUT2D eigenvalue weighted by atomic mass is 19.4. The van der Waals surface area contributed by atoms with Crippen LogP contribution in [0, 0.1) is 13.8 Å². The van der Waals surface area contributed by atoms with Gasteiger partial charge in [-0.2, -0.15) is 13.2 Å². The number of amides is 3. The average Bonchev–Trinajstić information content (AvgIpc) is 3.48. The van der Waals surface area contributed by atoms with Gasteiger partial charge in [0.1, 0.15) is 22.7 Å². The molecule has 13 nitrogen and oxygen atoms in total.